The summed E-state index contributed by atoms with van der Waals surface area (Å²) in [4.78, 5) is 13.9. The second-order valence-electron chi connectivity index (χ2n) is 5.99. The summed E-state index contributed by atoms with van der Waals surface area (Å²) in [6.45, 7) is 10.1. The zero-order valence-electron chi connectivity index (χ0n) is 11.9. The SMILES string of the molecule is CC(CCN1CCCC1)N([O-])C(=O)OC(C)(C)C. The lowest BCUT2D eigenvalue weighted by Crippen LogP contribution is -2.39. The zero-order chi connectivity index (χ0) is 13.8. The average molecular weight is 257 g/mol. The van der Waals surface area contributed by atoms with Crippen LogP contribution < -0.4 is 0 Å². The van der Waals surface area contributed by atoms with Gasteiger partial charge in [-0.05, 0) is 60.0 Å². The van der Waals surface area contributed by atoms with E-state index in [0.29, 0.717) is 11.5 Å². The Bertz CT molecular complexity index is 270. The molecule has 0 saturated carbocycles. The fourth-order valence-corrected chi connectivity index (χ4v) is 1.98. The Labute approximate surface area is 110 Å². The van der Waals surface area contributed by atoms with E-state index in [1.54, 1.807) is 27.7 Å². The molecule has 0 N–H and O–H groups in total. The number of hydrogen-bond donors (Lipinski definition) is 0. The summed E-state index contributed by atoms with van der Waals surface area (Å²) in [7, 11) is 0. The van der Waals surface area contributed by atoms with Gasteiger partial charge in [0.15, 0.2) is 0 Å². The van der Waals surface area contributed by atoms with Crippen LogP contribution in [0.1, 0.15) is 47.0 Å². The van der Waals surface area contributed by atoms with Crippen molar-refractivity contribution in [1.82, 2.24) is 9.96 Å². The maximum absolute atomic E-state index is 11.7. The Morgan fingerprint density at radius 1 is 1.39 bits per heavy atom. The number of amides is 1. The molecule has 1 unspecified atom stereocenters. The van der Waals surface area contributed by atoms with E-state index in [0.717, 1.165) is 19.6 Å². The molecule has 0 aromatic carbocycles. The highest BCUT2D eigenvalue weighted by atomic mass is 16.6. The van der Waals surface area contributed by atoms with E-state index in [1.807, 2.05) is 0 Å². The van der Waals surface area contributed by atoms with E-state index in [2.05, 4.69) is 4.90 Å². The molecule has 0 spiro atoms. The van der Waals surface area contributed by atoms with Crippen molar-refractivity contribution in [1.29, 1.82) is 0 Å². The molecule has 1 heterocycles. The third kappa shape index (κ3) is 5.23. The number of hydroxylamine groups is 2. The van der Waals surface area contributed by atoms with Gasteiger partial charge in [-0.3, -0.25) is 0 Å². The van der Waals surface area contributed by atoms with Gasteiger partial charge < -0.3 is 19.9 Å². The normalized spacial score (nSPS) is 18.7. The van der Waals surface area contributed by atoms with Crippen LogP contribution in [0.3, 0.4) is 0 Å². The molecular formula is C13H25N2O3-. The minimum atomic E-state index is -0.781. The number of hydrogen-bond acceptors (Lipinski definition) is 4. The van der Waals surface area contributed by atoms with Crippen molar-refractivity contribution < 1.29 is 9.53 Å². The molecule has 1 amide bonds. The second kappa shape index (κ2) is 6.38. The van der Waals surface area contributed by atoms with Crippen LogP contribution in [0.4, 0.5) is 4.79 Å². The van der Waals surface area contributed by atoms with Gasteiger partial charge in [-0.2, -0.15) is 0 Å². The van der Waals surface area contributed by atoms with Crippen molar-refractivity contribution in [3.8, 4) is 0 Å². The molecule has 0 bridgehead atoms. The summed E-state index contributed by atoms with van der Waals surface area (Å²) in [6, 6.07) is -0.333. The monoisotopic (exact) mass is 257 g/mol. The summed E-state index contributed by atoms with van der Waals surface area (Å²) < 4.78 is 5.05. The first kappa shape index (κ1) is 15.2. The average Bonchev–Trinajstić information content (AvgIpc) is 2.75. The first-order valence-corrected chi connectivity index (χ1v) is 6.71. The molecular weight excluding hydrogens is 232 g/mol. The van der Waals surface area contributed by atoms with Crippen molar-refractivity contribution in [3.63, 3.8) is 0 Å². The highest BCUT2D eigenvalue weighted by Crippen LogP contribution is 2.14. The maximum atomic E-state index is 11.7. The molecule has 1 rings (SSSR count). The Morgan fingerprint density at radius 2 is 1.94 bits per heavy atom. The zero-order valence-corrected chi connectivity index (χ0v) is 11.9. The number of carbonyl (C=O) groups excluding carboxylic acids is 1. The molecule has 0 aromatic heterocycles. The number of rotatable bonds is 4. The van der Waals surface area contributed by atoms with E-state index in [1.165, 1.54) is 12.8 Å². The van der Waals surface area contributed by atoms with Crippen molar-refractivity contribution in [2.24, 2.45) is 0 Å². The molecule has 0 radical (unpaired) electrons. The van der Waals surface area contributed by atoms with E-state index >= 15 is 0 Å². The molecule has 0 aliphatic carbocycles. The van der Waals surface area contributed by atoms with Crippen LogP contribution in [0.15, 0.2) is 0 Å². The quantitative estimate of drug-likeness (QED) is 0.726. The molecule has 1 fully saturated rings. The van der Waals surface area contributed by atoms with Gasteiger partial charge in [0.05, 0.1) is 0 Å². The molecule has 18 heavy (non-hydrogen) atoms. The van der Waals surface area contributed by atoms with Crippen molar-refractivity contribution in [2.45, 2.75) is 58.6 Å². The van der Waals surface area contributed by atoms with Crippen LogP contribution in [0.25, 0.3) is 0 Å². The lowest BCUT2D eigenvalue weighted by Gasteiger charge is -2.36. The molecule has 1 aliphatic rings. The van der Waals surface area contributed by atoms with Gasteiger partial charge in [0, 0.05) is 12.6 Å². The number of likely N-dealkylation sites (tertiary alicyclic amines) is 1. The van der Waals surface area contributed by atoms with Gasteiger partial charge in [-0.15, -0.1) is 0 Å². The fraction of sp³-hybridized carbons (Fsp3) is 0.923. The molecule has 5 heteroatoms. The lowest BCUT2D eigenvalue weighted by atomic mass is 10.2. The first-order chi connectivity index (χ1) is 8.29. The molecule has 1 atom stereocenters. The maximum Gasteiger partial charge on any atom is 0.399 e. The molecule has 1 saturated heterocycles. The Morgan fingerprint density at radius 3 is 2.44 bits per heavy atom. The van der Waals surface area contributed by atoms with Gasteiger partial charge in [-0.1, -0.05) is 0 Å². The van der Waals surface area contributed by atoms with Crippen LogP contribution in [-0.2, 0) is 4.74 Å². The predicted octanol–water partition coefficient (Wildman–Crippen LogP) is 2.60. The van der Waals surface area contributed by atoms with Crippen LogP contribution in [0.5, 0.6) is 0 Å². The van der Waals surface area contributed by atoms with Gasteiger partial charge in [0.2, 0.25) is 0 Å². The molecule has 5 nitrogen and oxygen atoms in total. The Hall–Kier alpha value is -0.810. The predicted molar refractivity (Wildman–Crippen MR) is 71.2 cm³/mol. The number of nitrogens with zero attached hydrogens (tertiary/aromatic N) is 2. The fourth-order valence-electron chi connectivity index (χ4n) is 1.98. The highest BCUT2D eigenvalue weighted by molar-refractivity contribution is 5.68. The van der Waals surface area contributed by atoms with E-state index < -0.39 is 11.7 Å². The van der Waals surface area contributed by atoms with Crippen LogP contribution in [0, 0.1) is 5.21 Å². The van der Waals surface area contributed by atoms with Crippen molar-refractivity contribution in [3.05, 3.63) is 5.21 Å². The standard InChI is InChI=1S/C13H25N2O3/c1-11(7-10-14-8-5-6-9-14)15(17)12(16)18-13(2,3)4/h11H,5-10H2,1-4H3/q-1. The second-order valence-corrected chi connectivity index (χ2v) is 5.99. The first-order valence-electron chi connectivity index (χ1n) is 6.71. The van der Waals surface area contributed by atoms with E-state index in [-0.39, 0.29) is 6.04 Å². The van der Waals surface area contributed by atoms with Crippen molar-refractivity contribution >= 4 is 6.09 Å². The van der Waals surface area contributed by atoms with Gasteiger partial charge in [-0.25, -0.2) is 4.79 Å². The summed E-state index contributed by atoms with van der Waals surface area (Å²) in [6.07, 6.45) is 2.39. The van der Waals surface area contributed by atoms with Gasteiger partial charge in [0.25, 0.3) is 0 Å². The number of carbonyl (C=O) groups is 1. The minimum Gasteiger partial charge on any atom is -0.754 e. The smallest absolute Gasteiger partial charge is 0.399 e. The Kier molecular flexibility index (Phi) is 5.41. The van der Waals surface area contributed by atoms with Gasteiger partial charge in [0.1, 0.15) is 5.60 Å². The van der Waals surface area contributed by atoms with Crippen molar-refractivity contribution in [2.75, 3.05) is 19.6 Å². The molecule has 106 valence electrons. The summed E-state index contributed by atoms with van der Waals surface area (Å²) in [5.74, 6) is 0. The summed E-state index contributed by atoms with van der Waals surface area (Å²) >= 11 is 0. The summed E-state index contributed by atoms with van der Waals surface area (Å²) in [5.41, 5.74) is -0.617. The topological polar surface area (TPSA) is 55.8 Å². The van der Waals surface area contributed by atoms with E-state index in [9.17, 15) is 10.0 Å². The highest BCUT2D eigenvalue weighted by Gasteiger charge is 2.20. The third-order valence-corrected chi connectivity index (χ3v) is 3.04. The Balaban J connectivity index is 2.30. The molecule has 0 aromatic rings. The van der Waals surface area contributed by atoms with Crippen LogP contribution >= 0.6 is 0 Å². The minimum absolute atomic E-state index is 0.333. The van der Waals surface area contributed by atoms with Crippen LogP contribution in [-0.4, -0.2) is 47.3 Å². The van der Waals surface area contributed by atoms with E-state index in [4.69, 9.17) is 4.74 Å². The van der Waals surface area contributed by atoms with Crippen LogP contribution in [0.2, 0.25) is 0 Å². The molecule has 1 aliphatic heterocycles. The van der Waals surface area contributed by atoms with Gasteiger partial charge >= 0.3 is 6.09 Å². The third-order valence-electron chi connectivity index (χ3n) is 3.04. The lowest BCUT2D eigenvalue weighted by molar-refractivity contribution is 0.0269. The summed E-state index contributed by atoms with van der Waals surface area (Å²) in [5, 5.41) is 12.2. The largest absolute Gasteiger partial charge is 0.754 e. The number of ether oxygens (including phenoxy) is 1.